The van der Waals surface area contributed by atoms with Crippen LogP contribution in [0.5, 0.6) is 0 Å². The fourth-order valence-corrected chi connectivity index (χ4v) is 3.11. The minimum absolute atomic E-state index is 0.136. The fourth-order valence-electron chi connectivity index (χ4n) is 3.11. The van der Waals surface area contributed by atoms with Crippen molar-refractivity contribution in [1.29, 1.82) is 0 Å². The van der Waals surface area contributed by atoms with Crippen LogP contribution in [-0.2, 0) is 0 Å². The Morgan fingerprint density at radius 1 is 1.20 bits per heavy atom. The monoisotopic (exact) mass is 343 g/mol. The third kappa shape index (κ3) is 4.49. The Kier molecular flexibility index (Phi) is 5.21. The lowest BCUT2D eigenvalue weighted by Gasteiger charge is -2.30. The second-order valence-electron chi connectivity index (χ2n) is 6.70. The van der Waals surface area contributed by atoms with Gasteiger partial charge in [-0.25, -0.2) is 9.97 Å². The Hall–Kier alpha value is -2.57. The number of aromatic nitrogens is 2. The number of hydrogen-bond acceptors (Lipinski definition) is 6. The van der Waals surface area contributed by atoms with Crippen molar-refractivity contribution < 1.29 is 9.21 Å². The number of carbonyl (C=O) groups is 1. The van der Waals surface area contributed by atoms with E-state index in [1.807, 2.05) is 32.0 Å². The lowest BCUT2D eigenvalue weighted by molar-refractivity contribution is 0.0898. The van der Waals surface area contributed by atoms with Gasteiger partial charge in [0.25, 0.3) is 5.91 Å². The Balaban J connectivity index is 1.52. The van der Waals surface area contributed by atoms with Crippen LogP contribution in [0.25, 0.3) is 0 Å². The first-order valence-corrected chi connectivity index (χ1v) is 8.65. The number of furan rings is 1. The SMILES string of the molecule is Cc1nc(NC2CCC(NC(=O)c3ccco3)CC2)cc(N(C)C)n1. The molecular weight excluding hydrogens is 318 g/mol. The zero-order chi connectivity index (χ0) is 17.8. The Morgan fingerprint density at radius 3 is 2.56 bits per heavy atom. The van der Waals surface area contributed by atoms with Gasteiger partial charge in [-0.05, 0) is 44.7 Å². The lowest BCUT2D eigenvalue weighted by atomic mass is 9.91. The summed E-state index contributed by atoms with van der Waals surface area (Å²) in [5.74, 6) is 2.75. The molecule has 2 aromatic heterocycles. The maximum absolute atomic E-state index is 12.0. The highest BCUT2D eigenvalue weighted by Crippen LogP contribution is 2.23. The average Bonchev–Trinajstić information content (AvgIpc) is 3.11. The van der Waals surface area contributed by atoms with Crippen LogP contribution >= 0.6 is 0 Å². The summed E-state index contributed by atoms with van der Waals surface area (Å²) in [5, 5.41) is 6.56. The van der Waals surface area contributed by atoms with Crippen LogP contribution in [0.15, 0.2) is 28.9 Å². The maximum atomic E-state index is 12.0. The standard InChI is InChI=1S/C18H25N5O2/c1-12-19-16(11-17(20-12)23(2)3)21-13-6-8-14(9-7-13)22-18(24)15-5-4-10-25-15/h4-5,10-11,13-14H,6-9H2,1-3H3,(H,22,24)(H,19,20,21). The number of nitrogens with zero attached hydrogens (tertiary/aromatic N) is 3. The van der Waals surface area contributed by atoms with Crippen molar-refractivity contribution in [3.63, 3.8) is 0 Å². The molecule has 0 unspecified atom stereocenters. The zero-order valence-corrected chi connectivity index (χ0v) is 15.0. The number of nitrogens with one attached hydrogen (secondary N) is 2. The Labute approximate surface area is 147 Å². The van der Waals surface area contributed by atoms with E-state index in [1.54, 1.807) is 12.1 Å². The summed E-state index contributed by atoms with van der Waals surface area (Å²) in [6.45, 7) is 1.90. The van der Waals surface area contributed by atoms with Crippen LogP contribution < -0.4 is 15.5 Å². The summed E-state index contributed by atoms with van der Waals surface area (Å²) in [7, 11) is 3.94. The molecule has 2 aromatic rings. The fraction of sp³-hybridized carbons (Fsp3) is 0.500. The predicted octanol–water partition coefficient (Wildman–Crippen LogP) is 2.60. The first kappa shape index (κ1) is 17.3. The van der Waals surface area contributed by atoms with Gasteiger partial charge < -0.3 is 20.0 Å². The van der Waals surface area contributed by atoms with Gasteiger partial charge in [0.15, 0.2) is 5.76 Å². The predicted molar refractivity (Wildman–Crippen MR) is 96.9 cm³/mol. The summed E-state index contributed by atoms with van der Waals surface area (Å²) >= 11 is 0. The minimum Gasteiger partial charge on any atom is -0.459 e. The van der Waals surface area contributed by atoms with Gasteiger partial charge >= 0.3 is 0 Å². The van der Waals surface area contributed by atoms with Crippen molar-refractivity contribution in [3.8, 4) is 0 Å². The average molecular weight is 343 g/mol. The molecule has 0 spiro atoms. The molecule has 7 nitrogen and oxygen atoms in total. The van der Waals surface area contributed by atoms with Gasteiger partial charge in [0, 0.05) is 32.2 Å². The molecule has 0 saturated heterocycles. The van der Waals surface area contributed by atoms with Crippen LogP contribution in [0, 0.1) is 6.92 Å². The van der Waals surface area contributed by atoms with Gasteiger partial charge in [-0.3, -0.25) is 4.79 Å². The largest absolute Gasteiger partial charge is 0.459 e. The molecule has 0 radical (unpaired) electrons. The van der Waals surface area contributed by atoms with E-state index >= 15 is 0 Å². The second-order valence-corrected chi connectivity index (χ2v) is 6.70. The van der Waals surface area contributed by atoms with Gasteiger partial charge in [-0.2, -0.15) is 0 Å². The number of anilines is 2. The van der Waals surface area contributed by atoms with E-state index in [1.165, 1.54) is 6.26 Å². The smallest absolute Gasteiger partial charge is 0.287 e. The molecular formula is C18H25N5O2. The van der Waals surface area contributed by atoms with Crippen LogP contribution in [0.1, 0.15) is 42.1 Å². The van der Waals surface area contributed by atoms with Gasteiger partial charge in [0.05, 0.1) is 6.26 Å². The second kappa shape index (κ2) is 7.55. The van der Waals surface area contributed by atoms with E-state index in [9.17, 15) is 4.79 Å². The number of rotatable bonds is 5. The molecule has 25 heavy (non-hydrogen) atoms. The topological polar surface area (TPSA) is 83.3 Å². The quantitative estimate of drug-likeness (QED) is 0.868. The highest BCUT2D eigenvalue weighted by atomic mass is 16.3. The van der Waals surface area contributed by atoms with Gasteiger partial charge in [-0.1, -0.05) is 0 Å². The number of hydrogen-bond donors (Lipinski definition) is 2. The molecule has 134 valence electrons. The first-order valence-electron chi connectivity index (χ1n) is 8.65. The van der Waals surface area contributed by atoms with Crippen molar-refractivity contribution in [2.75, 3.05) is 24.3 Å². The van der Waals surface area contributed by atoms with Gasteiger partial charge in [0.2, 0.25) is 0 Å². The van der Waals surface area contributed by atoms with Crippen molar-refractivity contribution in [3.05, 3.63) is 36.0 Å². The summed E-state index contributed by atoms with van der Waals surface area (Å²) in [5.41, 5.74) is 0. The third-order valence-corrected chi connectivity index (χ3v) is 4.44. The molecule has 3 rings (SSSR count). The molecule has 1 amide bonds. The van der Waals surface area contributed by atoms with Crippen molar-refractivity contribution in [2.24, 2.45) is 0 Å². The summed E-state index contributed by atoms with van der Waals surface area (Å²) in [4.78, 5) is 22.9. The van der Waals surface area contributed by atoms with Crippen LogP contribution in [0.4, 0.5) is 11.6 Å². The summed E-state index contributed by atoms with van der Waals surface area (Å²) in [6.07, 6.45) is 5.37. The van der Waals surface area contributed by atoms with Gasteiger partial charge in [-0.15, -0.1) is 0 Å². The summed E-state index contributed by atoms with van der Waals surface area (Å²) in [6, 6.07) is 5.93. The molecule has 0 atom stereocenters. The molecule has 1 aliphatic rings. The third-order valence-electron chi connectivity index (χ3n) is 4.44. The van der Waals surface area contributed by atoms with E-state index in [0.717, 1.165) is 43.1 Å². The number of carbonyl (C=O) groups excluding carboxylic acids is 1. The van der Waals surface area contributed by atoms with Crippen LogP contribution in [0.3, 0.4) is 0 Å². The molecule has 0 aromatic carbocycles. The Morgan fingerprint density at radius 2 is 1.92 bits per heavy atom. The normalized spacial score (nSPS) is 20.1. The van der Waals surface area contributed by atoms with E-state index < -0.39 is 0 Å². The molecule has 2 N–H and O–H groups in total. The number of amides is 1. The molecule has 1 saturated carbocycles. The minimum atomic E-state index is -0.136. The van der Waals surface area contributed by atoms with E-state index in [2.05, 4.69) is 20.6 Å². The molecule has 0 bridgehead atoms. The van der Waals surface area contributed by atoms with E-state index in [0.29, 0.717) is 11.8 Å². The highest BCUT2D eigenvalue weighted by molar-refractivity contribution is 5.91. The van der Waals surface area contributed by atoms with Crippen molar-refractivity contribution >= 4 is 17.5 Å². The van der Waals surface area contributed by atoms with E-state index in [-0.39, 0.29) is 11.9 Å². The lowest BCUT2D eigenvalue weighted by Crippen LogP contribution is -2.40. The zero-order valence-electron chi connectivity index (χ0n) is 15.0. The first-order chi connectivity index (χ1) is 12.0. The van der Waals surface area contributed by atoms with Crippen LogP contribution in [-0.4, -0.2) is 42.1 Å². The molecule has 1 aliphatic carbocycles. The molecule has 7 heteroatoms. The van der Waals surface area contributed by atoms with Crippen molar-refractivity contribution in [1.82, 2.24) is 15.3 Å². The van der Waals surface area contributed by atoms with Crippen LogP contribution in [0.2, 0.25) is 0 Å². The van der Waals surface area contributed by atoms with Gasteiger partial charge in [0.1, 0.15) is 17.5 Å². The maximum Gasteiger partial charge on any atom is 0.287 e. The highest BCUT2D eigenvalue weighted by Gasteiger charge is 2.23. The number of aryl methyl sites for hydroxylation is 1. The summed E-state index contributed by atoms with van der Waals surface area (Å²) < 4.78 is 5.14. The molecule has 0 aliphatic heterocycles. The molecule has 2 heterocycles. The molecule has 1 fully saturated rings. The Bertz CT molecular complexity index is 706. The van der Waals surface area contributed by atoms with E-state index in [4.69, 9.17) is 4.42 Å². The van der Waals surface area contributed by atoms with Crippen molar-refractivity contribution in [2.45, 2.75) is 44.7 Å².